The van der Waals surface area contributed by atoms with E-state index in [1.54, 1.807) is 18.2 Å². The smallest absolute Gasteiger partial charge is 0.250 e. The zero-order valence-corrected chi connectivity index (χ0v) is 16.5. The number of rotatable bonds is 7. The molecule has 0 aliphatic carbocycles. The first-order valence-corrected chi connectivity index (χ1v) is 10.2. The lowest BCUT2D eigenvalue weighted by molar-refractivity contribution is -0.119. The van der Waals surface area contributed by atoms with Crippen LogP contribution in [0.15, 0.2) is 42.5 Å². The van der Waals surface area contributed by atoms with Gasteiger partial charge in [-0.15, -0.1) is 0 Å². The minimum Gasteiger partial charge on any atom is -0.497 e. The quantitative estimate of drug-likeness (QED) is 0.529. The average molecular weight is 424 g/mol. The number of ether oxygens (including phenoxy) is 2. The molecule has 0 spiro atoms. The Morgan fingerprint density at radius 1 is 1.07 bits per heavy atom. The molecule has 4 N–H and O–H groups in total. The zero-order chi connectivity index (χ0) is 21.0. The van der Waals surface area contributed by atoms with Crippen LogP contribution in [-0.2, 0) is 14.8 Å². The van der Waals surface area contributed by atoms with E-state index in [2.05, 4.69) is 20.9 Å². The Kier molecular flexibility index (Phi) is 6.20. The van der Waals surface area contributed by atoms with Crippen LogP contribution in [0.2, 0.25) is 0 Å². The first kappa shape index (κ1) is 20.8. The summed E-state index contributed by atoms with van der Waals surface area (Å²) < 4.78 is 51.2. The molecule has 11 heteroatoms. The van der Waals surface area contributed by atoms with Crippen molar-refractivity contribution in [2.45, 2.75) is 5.37 Å². The molecule has 2 aromatic rings. The Hall–Kier alpha value is -2.89. The second-order valence-corrected chi connectivity index (χ2v) is 8.10. The molecule has 156 valence electrons. The molecule has 0 radical (unpaired) electrons. The monoisotopic (exact) mass is 424 g/mol. The number of sulfonamides is 1. The molecule has 1 aliphatic heterocycles. The third-order valence-corrected chi connectivity index (χ3v) is 5.96. The van der Waals surface area contributed by atoms with Crippen molar-refractivity contribution in [3.8, 4) is 11.5 Å². The van der Waals surface area contributed by atoms with Gasteiger partial charge >= 0.3 is 0 Å². The van der Waals surface area contributed by atoms with Crippen LogP contribution in [0.5, 0.6) is 11.5 Å². The van der Waals surface area contributed by atoms with Crippen molar-refractivity contribution in [1.82, 2.24) is 10.9 Å². The zero-order valence-electron chi connectivity index (χ0n) is 15.7. The van der Waals surface area contributed by atoms with Gasteiger partial charge in [-0.05, 0) is 24.3 Å². The Labute approximate surface area is 167 Å². The molecule has 1 fully saturated rings. The van der Waals surface area contributed by atoms with Gasteiger partial charge in [-0.2, -0.15) is 0 Å². The second kappa shape index (κ2) is 8.64. The van der Waals surface area contributed by atoms with Crippen molar-refractivity contribution in [2.75, 3.05) is 30.8 Å². The lowest BCUT2D eigenvalue weighted by Gasteiger charge is -2.20. The van der Waals surface area contributed by atoms with Crippen LogP contribution < -0.4 is 30.4 Å². The molecular weight excluding hydrogens is 403 g/mol. The number of benzene rings is 2. The van der Waals surface area contributed by atoms with Crippen LogP contribution >= 0.6 is 0 Å². The summed E-state index contributed by atoms with van der Waals surface area (Å²) in [7, 11) is -1.03. The lowest BCUT2D eigenvalue weighted by atomic mass is 10.1. The molecule has 1 amide bonds. The summed E-state index contributed by atoms with van der Waals surface area (Å²) in [5.74, 6) is -0.967. The van der Waals surface area contributed by atoms with Crippen molar-refractivity contribution in [3.05, 3.63) is 48.3 Å². The fraction of sp³-hybridized carbons (Fsp3) is 0.278. The summed E-state index contributed by atoms with van der Waals surface area (Å²) >= 11 is 0. The topological polar surface area (TPSA) is 118 Å². The van der Waals surface area contributed by atoms with E-state index < -0.39 is 33.0 Å². The van der Waals surface area contributed by atoms with Gasteiger partial charge in [-0.25, -0.2) is 18.2 Å². The number of halogens is 1. The molecular formula is C18H21FN4O5S. The predicted octanol–water partition coefficient (Wildman–Crippen LogP) is 1.27. The molecule has 29 heavy (non-hydrogen) atoms. The molecule has 2 atom stereocenters. The summed E-state index contributed by atoms with van der Waals surface area (Å²) in [4.78, 5) is 12.8. The van der Waals surface area contributed by atoms with Crippen molar-refractivity contribution in [1.29, 1.82) is 0 Å². The molecule has 0 saturated carbocycles. The van der Waals surface area contributed by atoms with E-state index in [9.17, 15) is 17.6 Å². The summed E-state index contributed by atoms with van der Waals surface area (Å²) in [5.41, 5.74) is 5.90. The number of nitrogens with one attached hydrogen (secondary N) is 4. The molecule has 2 unspecified atom stereocenters. The number of methoxy groups -OCH3 is 2. The summed E-state index contributed by atoms with van der Waals surface area (Å²) in [6.45, 7) is 0.0991. The van der Waals surface area contributed by atoms with Gasteiger partial charge in [0, 0.05) is 36.1 Å². The third kappa shape index (κ3) is 4.94. The average Bonchev–Trinajstić information content (AvgIpc) is 3.20. The predicted molar refractivity (Wildman–Crippen MR) is 106 cm³/mol. The minimum absolute atomic E-state index is 0.0991. The lowest BCUT2D eigenvalue weighted by Crippen LogP contribution is -2.45. The summed E-state index contributed by atoms with van der Waals surface area (Å²) in [5, 5.41) is 1.45. The summed E-state index contributed by atoms with van der Waals surface area (Å²) in [6.07, 6.45) is 0. The van der Waals surface area contributed by atoms with Crippen LogP contribution in [0, 0.1) is 11.7 Å². The Morgan fingerprint density at radius 2 is 1.69 bits per heavy atom. The molecule has 0 bridgehead atoms. The normalized spacial score (nSPS) is 18.9. The first-order valence-electron chi connectivity index (χ1n) is 8.62. The Morgan fingerprint density at radius 3 is 2.28 bits per heavy atom. The molecule has 0 aromatic heterocycles. The van der Waals surface area contributed by atoms with Gasteiger partial charge in [-0.1, -0.05) is 0 Å². The van der Waals surface area contributed by atoms with Crippen LogP contribution in [0.25, 0.3) is 0 Å². The number of hydrogen-bond acceptors (Lipinski definition) is 7. The van der Waals surface area contributed by atoms with Crippen LogP contribution in [0.4, 0.5) is 15.8 Å². The maximum Gasteiger partial charge on any atom is 0.250 e. The summed E-state index contributed by atoms with van der Waals surface area (Å²) in [6, 6.07) is 9.71. The Balaban J connectivity index is 1.76. The van der Waals surface area contributed by atoms with Gasteiger partial charge in [0.15, 0.2) is 5.37 Å². The Bertz CT molecular complexity index is 962. The highest BCUT2D eigenvalue weighted by Gasteiger charge is 2.42. The van der Waals surface area contributed by atoms with Crippen LogP contribution in [-0.4, -0.2) is 40.5 Å². The van der Waals surface area contributed by atoms with E-state index in [4.69, 9.17) is 9.47 Å². The van der Waals surface area contributed by atoms with E-state index in [0.717, 1.165) is 12.1 Å². The number of anilines is 2. The first-order chi connectivity index (χ1) is 13.8. The van der Waals surface area contributed by atoms with Crippen LogP contribution in [0.3, 0.4) is 0 Å². The molecule has 1 aliphatic rings. The number of hydrogen-bond donors (Lipinski definition) is 4. The van der Waals surface area contributed by atoms with E-state index >= 15 is 0 Å². The maximum absolute atomic E-state index is 13.0. The number of carbonyl (C=O) groups is 1. The highest BCUT2D eigenvalue weighted by Crippen LogP contribution is 2.27. The SMILES string of the molecule is COc1cc(NC(=O)C2CNNC2S(=O)(=O)Nc2ccc(F)cc2)cc(OC)c1. The minimum atomic E-state index is -3.99. The van der Waals surface area contributed by atoms with Gasteiger partial charge in [0.05, 0.1) is 20.1 Å². The van der Waals surface area contributed by atoms with Crippen molar-refractivity contribution in [3.63, 3.8) is 0 Å². The second-order valence-electron chi connectivity index (χ2n) is 6.30. The van der Waals surface area contributed by atoms with Crippen molar-refractivity contribution in [2.24, 2.45) is 5.92 Å². The highest BCUT2D eigenvalue weighted by atomic mass is 32.2. The van der Waals surface area contributed by atoms with Crippen molar-refractivity contribution >= 4 is 27.3 Å². The highest BCUT2D eigenvalue weighted by molar-refractivity contribution is 7.93. The van der Waals surface area contributed by atoms with Crippen molar-refractivity contribution < 1.29 is 27.1 Å². The van der Waals surface area contributed by atoms with Gasteiger partial charge in [-0.3, -0.25) is 14.9 Å². The largest absolute Gasteiger partial charge is 0.497 e. The standard InChI is InChI=1S/C18H21FN4O5S/c1-27-14-7-13(8-15(9-14)28-2)21-17(24)16-10-20-22-18(16)29(25,26)23-12-5-3-11(19)4-6-12/h3-9,16,18,20,22-23H,10H2,1-2H3,(H,21,24). The molecule has 3 rings (SSSR count). The number of hydrazine groups is 1. The molecule has 9 nitrogen and oxygen atoms in total. The van der Waals surface area contributed by atoms with E-state index in [1.165, 1.54) is 26.4 Å². The van der Waals surface area contributed by atoms with E-state index in [-0.39, 0.29) is 12.2 Å². The molecule has 1 saturated heterocycles. The van der Waals surface area contributed by atoms with E-state index in [0.29, 0.717) is 17.2 Å². The fourth-order valence-corrected chi connectivity index (χ4v) is 4.34. The van der Waals surface area contributed by atoms with Gasteiger partial charge in [0.25, 0.3) is 10.0 Å². The van der Waals surface area contributed by atoms with Gasteiger partial charge in [0.2, 0.25) is 5.91 Å². The maximum atomic E-state index is 13.0. The fourth-order valence-electron chi connectivity index (χ4n) is 2.86. The van der Waals surface area contributed by atoms with E-state index in [1.807, 2.05) is 0 Å². The number of carbonyl (C=O) groups excluding carboxylic acids is 1. The third-order valence-electron chi connectivity index (χ3n) is 4.33. The molecule has 1 heterocycles. The van der Waals surface area contributed by atoms with Gasteiger partial charge in [0.1, 0.15) is 17.3 Å². The van der Waals surface area contributed by atoms with Crippen LogP contribution in [0.1, 0.15) is 0 Å². The molecule has 2 aromatic carbocycles. The van der Waals surface area contributed by atoms with Gasteiger partial charge < -0.3 is 14.8 Å². The number of amides is 1.